The highest BCUT2D eigenvalue weighted by molar-refractivity contribution is 5.98. The SMILES string of the molecule is Cn1cc(NC(=O)OC(C)(C)C)c(-n2nnc3ccccc32)c1C(=O)O. The van der Waals surface area contributed by atoms with E-state index in [2.05, 4.69) is 15.6 Å². The highest BCUT2D eigenvalue weighted by Crippen LogP contribution is 2.29. The normalized spacial score (nSPS) is 11.5. The van der Waals surface area contributed by atoms with Crippen LogP contribution in [0.15, 0.2) is 30.5 Å². The average molecular weight is 357 g/mol. The lowest BCUT2D eigenvalue weighted by Crippen LogP contribution is -2.27. The molecule has 0 unspecified atom stereocenters. The number of nitrogens with one attached hydrogen (secondary N) is 1. The van der Waals surface area contributed by atoms with Gasteiger partial charge in [-0.25, -0.2) is 14.3 Å². The number of anilines is 1. The lowest BCUT2D eigenvalue weighted by molar-refractivity contribution is 0.0633. The molecule has 1 amide bonds. The highest BCUT2D eigenvalue weighted by Gasteiger charge is 2.26. The number of carbonyl (C=O) groups excluding carboxylic acids is 1. The Morgan fingerprint density at radius 2 is 1.92 bits per heavy atom. The molecule has 0 radical (unpaired) electrons. The number of ether oxygens (including phenoxy) is 1. The molecule has 0 saturated carbocycles. The van der Waals surface area contributed by atoms with Crippen molar-refractivity contribution in [3.8, 4) is 5.69 Å². The zero-order valence-corrected chi connectivity index (χ0v) is 14.8. The minimum atomic E-state index is -1.15. The van der Waals surface area contributed by atoms with Gasteiger partial charge in [0.25, 0.3) is 0 Å². The molecule has 0 aliphatic carbocycles. The number of rotatable bonds is 3. The van der Waals surface area contributed by atoms with Crippen molar-refractivity contribution >= 4 is 28.8 Å². The molecule has 0 saturated heterocycles. The largest absolute Gasteiger partial charge is 0.477 e. The molecule has 1 aromatic carbocycles. The van der Waals surface area contributed by atoms with Gasteiger partial charge in [0.05, 0.1) is 11.2 Å². The van der Waals surface area contributed by atoms with E-state index in [0.717, 1.165) is 0 Å². The molecule has 136 valence electrons. The van der Waals surface area contributed by atoms with Crippen LogP contribution in [0.2, 0.25) is 0 Å². The molecule has 9 nitrogen and oxygen atoms in total. The van der Waals surface area contributed by atoms with E-state index in [1.54, 1.807) is 46.0 Å². The zero-order chi connectivity index (χ0) is 19.1. The van der Waals surface area contributed by atoms with Gasteiger partial charge < -0.3 is 14.4 Å². The number of amides is 1. The molecular formula is C17H19N5O4. The van der Waals surface area contributed by atoms with E-state index in [9.17, 15) is 14.7 Å². The van der Waals surface area contributed by atoms with Gasteiger partial charge in [0, 0.05) is 13.2 Å². The Labute approximate surface area is 149 Å². The number of carboxylic acid groups (broad SMARTS) is 1. The van der Waals surface area contributed by atoms with Crippen LogP contribution in [-0.2, 0) is 11.8 Å². The fourth-order valence-electron chi connectivity index (χ4n) is 2.62. The first-order chi connectivity index (χ1) is 12.2. The minimum Gasteiger partial charge on any atom is -0.477 e. The Bertz CT molecular complexity index is 996. The quantitative estimate of drug-likeness (QED) is 0.745. The van der Waals surface area contributed by atoms with Crippen LogP contribution in [-0.4, -0.2) is 42.3 Å². The van der Waals surface area contributed by atoms with E-state index in [1.165, 1.54) is 15.4 Å². The number of fused-ring (bicyclic) bond motifs is 1. The van der Waals surface area contributed by atoms with Crippen molar-refractivity contribution in [1.82, 2.24) is 19.6 Å². The summed E-state index contributed by atoms with van der Waals surface area (Å²) < 4.78 is 8.06. The van der Waals surface area contributed by atoms with Crippen LogP contribution in [0.3, 0.4) is 0 Å². The van der Waals surface area contributed by atoms with E-state index in [4.69, 9.17) is 4.74 Å². The first-order valence-electron chi connectivity index (χ1n) is 7.91. The van der Waals surface area contributed by atoms with Gasteiger partial charge in [-0.05, 0) is 32.9 Å². The molecule has 3 aromatic rings. The molecule has 9 heteroatoms. The number of hydrogen-bond acceptors (Lipinski definition) is 5. The monoisotopic (exact) mass is 357 g/mol. The van der Waals surface area contributed by atoms with Crippen LogP contribution in [0, 0.1) is 0 Å². The second-order valence-electron chi connectivity index (χ2n) is 6.77. The second kappa shape index (κ2) is 6.17. The maximum absolute atomic E-state index is 12.2. The van der Waals surface area contributed by atoms with Gasteiger partial charge in [-0.2, -0.15) is 0 Å². The number of hydrogen-bond donors (Lipinski definition) is 2. The topological polar surface area (TPSA) is 111 Å². The number of carbonyl (C=O) groups is 2. The maximum atomic E-state index is 12.2. The smallest absolute Gasteiger partial charge is 0.412 e. The predicted octanol–water partition coefficient (Wildman–Crippen LogP) is 2.80. The van der Waals surface area contributed by atoms with Crippen LogP contribution < -0.4 is 5.32 Å². The third-order valence-electron chi connectivity index (χ3n) is 3.56. The standard InChI is InChI=1S/C17H19N5O4/c1-17(2,3)26-16(25)18-11-9-21(4)14(15(23)24)13(11)22-12-8-6-5-7-10(12)19-20-22/h5-9H,1-4H3,(H,18,25)(H,23,24). The van der Waals surface area contributed by atoms with Gasteiger partial charge in [-0.1, -0.05) is 17.3 Å². The lowest BCUT2D eigenvalue weighted by atomic mass is 10.2. The number of aromatic nitrogens is 4. The average Bonchev–Trinajstić information content (AvgIpc) is 3.05. The predicted molar refractivity (Wildman–Crippen MR) is 94.7 cm³/mol. The lowest BCUT2D eigenvalue weighted by Gasteiger charge is -2.19. The van der Waals surface area contributed by atoms with Gasteiger partial charge in [-0.3, -0.25) is 5.32 Å². The van der Waals surface area contributed by atoms with Crippen LogP contribution in [0.5, 0.6) is 0 Å². The fourth-order valence-corrected chi connectivity index (χ4v) is 2.62. The Morgan fingerprint density at radius 1 is 1.23 bits per heavy atom. The summed E-state index contributed by atoms with van der Waals surface area (Å²) in [6.07, 6.45) is 0.810. The molecule has 2 aromatic heterocycles. The van der Waals surface area contributed by atoms with E-state index < -0.39 is 17.7 Å². The first-order valence-corrected chi connectivity index (χ1v) is 7.91. The number of aryl methyl sites for hydroxylation is 1. The van der Waals surface area contributed by atoms with Gasteiger partial charge >= 0.3 is 12.1 Å². The van der Waals surface area contributed by atoms with Crippen molar-refractivity contribution in [3.63, 3.8) is 0 Å². The van der Waals surface area contributed by atoms with Crippen molar-refractivity contribution in [2.75, 3.05) is 5.32 Å². The summed E-state index contributed by atoms with van der Waals surface area (Å²) in [4.78, 5) is 23.9. The van der Waals surface area contributed by atoms with Crippen molar-refractivity contribution < 1.29 is 19.4 Å². The van der Waals surface area contributed by atoms with Crippen LogP contribution in [0.4, 0.5) is 10.5 Å². The minimum absolute atomic E-state index is 0.0355. The van der Waals surface area contributed by atoms with E-state index in [1.807, 2.05) is 6.07 Å². The summed E-state index contributed by atoms with van der Waals surface area (Å²) in [7, 11) is 1.58. The van der Waals surface area contributed by atoms with E-state index in [-0.39, 0.29) is 17.1 Å². The second-order valence-corrected chi connectivity index (χ2v) is 6.77. The molecule has 0 bridgehead atoms. The summed E-state index contributed by atoms with van der Waals surface area (Å²) in [5, 5.41) is 20.3. The summed E-state index contributed by atoms with van der Waals surface area (Å²) in [5.74, 6) is -1.15. The van der Waals surface area contributed by atoms with Gasteiger partial charge in [0.2, 0.25) is 0 Å². The number of para-hydroxylation sites is 1. The van der Waals surface area contributed by atoms with Gasteiger partial charge in [-0.15, -0.1) is 5.10 Å². The third kappa shape index (κ3) is 3.23. The summed E-state index contributed by atoms with van der Waals surface area (Å²) in [5.41, 5.74) is 0.972. The molecule has 2 heterocycles. The van der Waals surface area contributed by atoms with E-state index >= 15 is 0 Å². The fraction of sp³-hybridized carbons (Fsp3) is 0.294. The molecule has 0 spiro atoms. The Hall–Kier alpha value is -3.36. The van der Waals surface area contributed by atoms with Crippen LogP contribution >= 0.6 is 0 Å². The molecular weight excluding hydrogens is 338 g/mol. The van der Waals surface area contributed by atoms with Crippen molar-refractivity contribution in [2.24, 2.45) is 7.05 Å². The van der Waals surface area contributed by atoms with Crippen molar-refractivity contribution in [3.05, 3.63) is 36.2 Å². The molecule has 0 aliphatic rings. The molecule has 0 aliphatic heterocycles. The zero-order valence-electron chi connectivity index (χ0n) is 14.8. The number of benzene rings is 1. The number of nitrogens with zero attached hydrogens (tertiary/aromatic N) is 4. The van der Waals surface area contributed by atoms with Gasteiger partial charge in [0.1, 0.15) is 16.8 Å². The summed E-state index contributed by atoms with van der Waals surface area (Å²) in [6.45, 7) is 5.23. The Balaban J connectivity index is 2.13. The molecule has 3 rings (SSSR count). The summed E-state index contributed by atoms with van der Waals surface area (Å²) >= 11 is 0. The van der Waals surface area contributed by atoms with Crippen molar-refractivity contribution in [2.45, 2.75) is 26.4 Å². The summed E-state index contributed by atoms with van der Waals surface area (Å²) in [6, 6.07) is 7.14. The molecule has 0 atom stereocenters. The van der Waals surface area contributed by atoms with Crippen LogP contribution in [0.25, 0.3) is 16.7 Å². The maximum Gasteiger partial charge on any atom is 0.412 e. The number of aromatic carboxylic acids is 1. The van der Waals surface area contributed by atoms with E-state index in [0.29, 0.717) is 11.0 Å². The van der Waals surface area contributed by atoms with Gasteiger partial charge in [0.15, 0.2) is 5.69 Å². The molecule has 26 heavy (non-hydrogen) atoms. The molecule has 0 fully saturated rings. The highest BCUT2D eigenvalue weighted by atomic mass is 16.6. The Morgan fingerprint density at radius 3 is 2.58 bits per heavy atom. The third-order valence-corrected chi connectivity index (χ3v) is 3.56. The number of carboxylic acids is 1. The molecule has 2 N–H and O–H groups in total. The Kier molecular flexibility index (Phi) is 4.15. The van der Waals surface area contributed by atoms with Crippen LogP contribution in [0.1, 0.15) is 31.3 Å². The van der Waals surface area contributed by atoms with Crippen molar-refractivity contribution in [1.29, 1.82) is 0 Å². The first kappa shape index (κ1) is 17.5.